The molecule has 2 aliphatic rings. The number of carboxylic acid groups (broad SMARTS) is 1. The van der Waals surface area contributed by atoms with Gasteiger partial charge in [0.1, 0.15) is 5.82 Å². The summed E-state index contributed by atoms with van der Waals surface area (Å²) in [4.78, 5) is 27.2. The second-order valence-corrected chi connectivity index (χ2v) is 6.02. The molecule has 0 radical (unpaired) electrons. The summed E-state index contributed by atoms with van der Waals surface area (Å²) in [6.45, 7) is 0.852. The van der Waals surface area contributed by atoms with Gasteiger partial charge in [-0.15, -0.1) is 5.10 Å². The minimum atomic E-state index is -0.740. The summed E-state index contributed by atoms with van der Waals surface area (Å²) in [7, 11) is 0. The van der Waals surface area contributed by atoms with Crippen molar-refractivity contribution >= 4 is 17.9 Å². The second-order valence-electron chi connectivity index (χ2n) is 6.02. The Balaban J connectivity index is 1.48. The monoisotopic (exact) mass is 307 g/mol. The molecular formula is C14H21N5O3. The number of aliphatic carboxylic acids is 1. The number of anilines is 1. The number of amides is 2. The van der Waals surface area contributed by atoms with Crippen LogP contribution in [0.15, 0.2) is 0 Å². The highest BCUT2D eigenvalue weighted by Gasteiger charge is 2.27. The van der Waals surface area contributed by atoms with E-state index in [2.05, 4.69) is 20.7 Å². The lowest BCUT2D eigenvalue weighted by Gasteiger charge is -2.26. The number of hydrogen-bond acceptors (Lipinski definition) is 4. The summed E-state index contributed by atoms with van der Waals surface area (Å²) in [5.41, 5.74) is 0. The Kier molecular flexibility index (Phi) is 4.26. The third-order valence-corrected chi connectivity index (χ3v) is 4.41. The zero-order valence-corrected chi connectivity index (χ0v) is 12.4. The third-order valence-electron chi connectivity index (χ3n) is 4.41. The molecule has 2 amide bonds. The average molecular weight is 307 g/mol. The van der Waals surface area contributed by atoms with Gasteiger partial charge in [-0.05, 0) is 38.5 Å². The van der Waals surface area contributed by atoms with Gasteiger partial charge in [-0.25, -0.2) is 9.48 Å². The summed E-state index contributed by atoms with van der Waals surface area (Å²) in [5.74, 6) is 0.246. The first-order valence-electron chi connectivity index (χ1n) is 7.86. The SMILES string of the molecule is O=C(Nc1nc2n(n1)CCCC2)NC1CCC(C(=O)O)CC1. The molecule has 0 aromatic carbocycles. The van der Waals surface area contributed by atoms with E-state index in [1.165, 1.54) is 0 Å². The first-order chi connectivity index (χ1) is 10.6. The normalized spacial score (nSPS) is 24.4. The molecule has 0 atom stereocenters. The molecule has 0 bridgehead atoms. The zero-order chi connectivity index (χ0) is 15.5. The predicted molar refractivity (Wildman–Crippen MR) is 78.5 cm³/mol. The number of hydrogen-bond donors (Lipinski definition) is 3. The smallest absolute Gasteiger partial charge is 0.321 e. The molecule has 22 heavy (non-hydrogen) atoms. The van der Waals surface area contributed by atoms with E-state index in [1.54, 1.807) is 0 Å². The van der Waals surface area contributed by atoms with Crippen molar-refractivity contribution in [2.75, 3.05) is 5.32 Å². The third kappa shape index (κ3) is 3.37. The van der Waals surface area contributed by atoms with E-state index < -0.39 is 5.97 Å². The van der Waals surface area contributed by atoms with Crippen molar-refractivity contribution in [2.45, 2.75) is 57.5 Å². The lowest BCUT2D eigenvalue weighted by molar-refractivity contribution is -0.142. The Hall–Kier alpha value is -2.12. The number of nitrogens with one attached hydrogen (secondary N) is 2. The van der Waals surface area contributed by atoms with Gasteiger partial charge in [-0.2, -0.15) is 4.98 Å². The number of aromatic nitrogens is 3. The van der Waals surface area contributed by atoms with Crippen LogP contribution in [0, 0.1) is 5.92 Å². The van der Waals surface area contributed by atoms with Crippen molar-refractivity contribution in [1.82, 2.24) is 20.1 Å². The lowest BCUT2D eigenvalue weighted by atomic mass is 9.86. The molecule has 0 saturated heterocycles. The lowest BCUT2D eigenvalue weighted by Crippen LogP contribution is -2.41. The van der Waals surface area contributed by atoms with Gasteiger partial charge in [0.25, 0.3) is 0 Å². The molecule has 1 aromatic heterocycles. The predicted octanol–water partition coefficient (Wildman–Crippen LogP) is 1.38. The van der Waals surface area contributed by atoms with Gasteiger partial charge in [0, 0.05) is 19.0 Å². The van der Waals surface area contributed by atoms with Gasteiger partial charge >= 0.3 is 12.0 Å². The van der Waals surface area contributed by atoms with Crippen LogP contribution in [0.5, 0.6) is 0 Å². The van der Waals surface area contributed by atoms with E-state index in [0.717, 1.165) is 31.6 Å². The molecule has 120 valence electrons. The Morgan fingerprint density at radius 3 is 2.64 bits per heavy atom. The van der Waals surface area contributed by atoms with Gasteiger partial charge < -0.3 is 10.4 Å². The summed E-state index contributed by atoms with van der Waals surface area (Å²) in [6, 6.07) is -0.297. The van der Waals surface area contributed by atoms with Gasteiger partial charge in [0.15, 0.2) is 0 Å². The number of rotatable bonds is 3. The van der Waals surface area contributed by atoms with Crippen LogP contribution in [0.25, 0.3) is 0 Å². The molecule has 8 heteroatoms. The number of aryl methyl sites for hydroxylation is 2. The van der Waals surface area contributed by atoms with Crippen molar-refractivity contribution in [3.05, 3.63) is 5.82 Å². The summed E-state index contributed by atoms with van der Waals surface area (Å²) >= 11 is 0. The van der Waals surface area contributed by atoms with Crippen LogP contribution in [0.4, 0.5) is 10.7 Å². The fourth-order valence-electron chi connectivity index (χ4n) is 3.14. The fourth-order valence-corrected chi connectivity index (χ4v) is 3.14. The molecule has 1 saturated carbocycles. The van der Waals surface area contributed by atoms with Crippen LogP contribution in [0.1, 0.15) is 44.3 Å². The highest BCUT2D eigenvalue weighted by atomic mass is 16.4. The molecule has 3 rings (SSSR count). The fraction of sp³-hybridized carbons (Fsp3) is 0.714. The molecule has 1 aliphatic heterocycles. The van der Waals surface area contributed by atoms with Crippen LogP contribution in [-0.2, 0) is 17.8 Å². The summed E-state index contributed by atoms with van der Waals surface area (Å²) in [5, 5.41) is 18.8. The van der Waals surface area contributed by atoms with Crippen molar-refractivity contribution in [2.24, 2.45) is 5.92 Å². The average Bonchev–Trinajstić information content (AvgIpc) is 2.89. The Morgan fingerprint density at radius 1 is 1.18 bits per heavy atom. The van der Waals surface area contributed by atoms with E-state index in [9.17, 15) is 9.59 Å². The quantitative estimate of drug-likeness (QED) is 0.781. The first kappa shape index (κ1) is 14.8. The summed E-state index contributed by atoms with van der Waals surface area (Å²) < 4.78 is 1.84. The van der Waals surface area contributed by atoms with E-state index in [1.807, 2.05) is 4.68 Å². The van der Waals surface area contributed by atoms with Crippen molar-refractivity contribution in [1.29, 1.82) is 0 Å². The van der Waals surface area contributed by atoms with E-state index in [4.69, 9.17) is 5.11 Å². The van der Waals surface area contributed by atoms with Gasteiger partial charge in [0.2, 0.25) is 5.95 Å². The van der Waals surface area contributed by atoms with Gasteiger partial charge in [-0.3, -0.25) is 10.1 Å². The Labute approximate surface area is 128 Å². The van der Waals surface area contributed by atoms with Crippen molar-refractivity contribution in [3.8, 4) is 0 Å². The second kappa shape index (κ2) is 6.33. The maximum absolute atomic E-state index is 12.0. The minimum Gasteiger partial charge on any atom is -0.481 e. The number of carboxylic acids is 1. The van der Waals surface area contributed by atoms with Crippen molar-refractivity contribution < 1.29 is 14.7 Å². The van der Waals surface area contributed by atoms with Crippen molar-refractivity contribution in [3.63, 3.8) is 0 Å². The minimum absolute atomic E-state index is 0.0211. The van der Waals surface area contributed by atoms with Gasteiger partial charge in [-0.1, -0.05) is 0 Å². The van der Waals surface area contributed by atoms with Crippen LogP contribution in [0.3, 0.4) is 0 Å². The molecule has 1 aliphatic carbocycles. The number of carbonyl (C=O) groups is 2. The van der Waals surface area contributed by atoms with Crippen LogP contribution in [-0.4, -0.2) is 37.9 Å². The maximum atomic E-state index is 12.0. The highest BCUT2D eigenvalue weighted by Crippen LogP contribution is 2.24. The topological polar surface area (TPSA) is 109 Å². The molecule has 1 fully saturated rings. The molecule has 3 N–H and O–H groups in total. The number of fused-ring (bicyclic) bond motifs is 1. The van der Waals surface area contributed by atoms with Crippen LogP contribution < -0.4 is 10.6 Å². The van der Waals surface area contributed by atoms with Crippen LogP contribution >= 0.6 is 0 Å². The van der Waals surface area contributed by atoms with E-state index in [0.29, 0.717) is 31.6 Å². The molecule has 1 aromatic rings. The number of carbonyl (C=O) groups excluding carboxylic acids is 1. The Morgan fingerprint density at radius 2 is 1.95 bits per heavy atom. The number of urea groups is 1. The number of nitrogens with zero attached hydrogens (tertiary/aromatic N) is 3. The summed E-state index contributed by atoms with van der Waals surface area (Å²) in [6.07, 6.45) is 5.70. The largest absolute Gasteiger partial charge is 0.481 e. The van der Waals surface area contributed by atoms with Crippen LogP contribution in [0.2, 0.25) is 0 Å². The first-order valence-corrected chi connectivity index (χ1v) is 7.86. The Bertz CT molecular complexity index is 539. The molecule has 2 heterocycles. The molecule has 0 unspecified atom stereocenters. The molecular weight excluding hydrogens is 286 g/mol. The van der Waals surface area contributed by atoms with Gasteiger partial charge in [0.05, 0.1) is 5.92 Å². The van der Waals surface area contributed by atoms with E-state index in [-0.39, 0.29) is 18.0 Å². The standard InChI is InChI=1S/C14H21N5O3/c20-12(21)9-4-6-10(7-5-9)15-14(22)17-13-16-11-3-1-2-8-19(11)18-13/h9-10H,1-8H2,(H,20,21)(H2,15,17,18,22). The molecule has 0 spiro atoms. The highest BCUT2D eigenvalue weighted by molar-refractivity contribution is 5.87. The van der Waals surface area contributed by atoms with E-state index >= 15 is 0 Å². The molecule has 8 nitrogen and oxygen atoms in total. The maximum Gasteiger partial charge on any atom is 0.321 e. The zero-order valence-electron chi connectivity index (χ0n) is 12.4.